The van der Waals surface area contributed by atoms with Crippen LogP contribution in [0.5, 0.6) is 0 Å². The van der Waals surface area contributed by atoms with Crippen molar-refractivity contribution in [1.29, 1.82) is 0 Å². The maximum atomic E-state index is 14.2. The number of aromatic nitrogens is 5. The van der Waals surface area contributed by atoms with Crippen molar-refractivity contribution in [3.05, 3.63) is 110 Å². The highest BCUT2D eigenvalue weighted by Crippen LogP contribution is 2.24. The first-order valence-corrected chi connectivity index (χ1v) is 17.0. The topological polar surface area (TPSA) is 135 Å². The quantitative estimate of drug-likeness (QED) is 0.165. The first kappa shape index (κ1) is 35.3. The van der Waals surface area contributed by atoms with Gasteiger partial charge >= 0.3 is 5.69 Å². The molecule has 51 heavy (non-hydrogen) atoms. The zero-order valence-corrected chi connectivity index (χ0v) is 28.5. The summed E-state index contributed by atoms with van der Waals surface area (Å²) in [5.74, 6) is -2.35. The van der Waals surface area contributed by atoms with Crippen LogP contribution in [0.3, 0.4) is 0 Å². The first-order valence-electron chi connectivity index (χ1n) is 17.0. The lowest BCUT2D eigenvalue weighted by molar-refractivity contribution is 0.0738. The molecule has 0 atom stereocenters. The Balaban J connectivity index is 1.28. The number of benzene rings is 2. The Morgan fingerprint density at radius 1 is 0.961 bits per heavy atom. The van der Waals surface area contributed by atoms with Crippen molar-refractivity contribution < 1.29 is 23.1 Å². The van der Waals surface area contributed by atoms with E-state index in [1.54, 1.807) is 30.2 Å². The van der Waals surface area contributed by atoms with E-state index in [0.717, 1.165) is 30.5 Å². The number of halogens is 2. The minimum Gasteiger partial charge on any atom is -0.385 e. The number of methoxy groups -OCH3 is 1. The van der Waals surface area contributed by atoms with Gasteiger partial charge in [-0.25, -0.2) is 23.5 Å². The Hall–Kier alpha value is -5.50. The second-order valence-corrected chi connectivity index (χ2v) is 12.4. The number of aryl methyl sites for hydroxylation is 1. The van der Waals surface area contributed by atoms with Gasteiger partial charge in [-0.3, -0.25) is 28.4 Å². The number of hydrogen-bond donors (Lipinski definition) is 1. The summed E-state index contributed by atoms with van der Waals surface area (Å²) in [7, 11) is 1.61. The number of H-pyrrole nitrogens is 1. The van der Waals surface area contributed by atoms with E-state index in [9.17, 15) is 28.0 Å². The molecule has 266 valence electrons. The summed E-state index contributed by atoms with van der Waals surface area (Å²) in [4.78, 5) is 68.8. The number of imidazole rings is 1. The van der Waals surface area contributed by atoms with Gasteiger partial charge in [0.05, 0.1) is 0 Å². The Labute approximate surface area is 292 Å². The fourth-order valence-electron chi connectivity index (χ4n) is 6.34. The van der Waals surface area contributed by atoms with E-state index >= 15 is 0 Å². The van der Waals surface area contributed by atoms with Crippen LogP contribution in [-0.2, 0) is 24.2 Å². The molecule has 2 amide bonds. The third-order valence-corrected chi connectivity index (χ3v) is 8.99. The first-order chi connectivity index (χ1) is 24.7. The third kappa shape index (κ3) is 7.36. The SMILES string of the molecule is CCCn1c(=O)c2[nH]c(-c3ccc(N(CCCN4CCc5ccccc5C4=O)C(=O)c4ccc(F)c(F)c4)nc3)nc2n(CCCCOC)c1=O. The number of aromatic amines is 1. The predicted octanol–water partition coefficient (Wildman–Crippen LogP) is 4.80. The van der Waals surface area contributed by atoms with Crippen LogP contribution in [0.2, 0.25) is 0 Å². The molecule has 1 aliphatic rings. The molecule has 0 saturated carbocycles. The van der Waals surface area contributed by atoms with Crippen LogP contribution in [-0.4, -0.2) is 74.2 Å². The molecule has 0 bridgehead atoms. The van der Waals surface area contributed by atoms with Crippen molar-refractivity contribution in [3.8, 4) is 11.4 Å². The summed E-state index contributed by atoms with van der Waals surface area (Å²) >= 11 is 0. The number of pyridine rings is 1. The fourth-order valence-corrected chi connectivity index (χ4v) is 6.34. The van der Waals surface area contributed by atoms with E-state index in [-0.39, 0.29) is 41.5 Å². The number of rotatable bonds is 14. The van der Waals surface area contributed by atoms with E-state index in [2.05, 4.69) is 15.0 Å². The van der Waals surface area contributed by atoms with Crippen molar-refractivity contribution in [2.75, 3.05) is 38.3 Å². The monoisotopic (exact) mass is 699 g/mol. The van der Waals surface area contributed by atoms with Crippen LogP contribution in [0.1, 0.15) is 58.9 Å². The van der Waals surface area contributed by atoms with Gasteiger partial charge in [0.15, 0.2) is 17.3 Å². The molecule has 0 spiro atoms. The van der Waals surface area contributed by atoms with Crippen LogP contribution >= 0.6 is 0 Å². The van der Waals surface area contributed by atoms with Gasteiger partial charge in [-0.05, 0) is 74.1 Å². The molecule has 0 fully saturated rings. The summed E-state index contributed by atoms with van der Waals surface area (Å²) in [5, 5.41) is 0. The van der Waals surface area contributed by atoms with Crippen molar-refractivity contribution in [2.24, 2.45) is 0 Å². The number of amides is 2. The minimum atomic E-state index is -1.15. The molecule has 0 aliphatic carbocycles. The van der Waals surface area contributed by atoms with Crippen molar-refractivity contribution in [2.45, 2.75) is 52.1 Å². The number of unbranched alkanes of at least 4 members (excludes halogenated alkanes) is 1. The zero-order chi connectivity index (χ0) is 36.1. The molecular weight excluding hydrogens is 660 g/mol. The normalized spacial score (nSPS) is 12.8. The number of nitrogens with one attached hydrogen (secondary N) is 1. The second-order valence-electron chi connectivity index (χ2n) is 12.4. The predicted molar refractivity (Wildman–Crippen MR) is 188 cm³/mol. The Bertz CT molecular complexity index is 2180. The molecule has 1 aliphatic heterocycles. The van der Waals surface area contributed by atoms with Crippen LogP contribution in [0.4, 0.5) is 14.6 Å². The average Bonchev–Trinajstić information content (AvgIpc) is 3.59. The second kappa shape index (κ2) is 15.6. The van der Waals surface area contributed by atoms with Crippen LogP contribution in [0.25, 0.3) is 22.6 Å². The molecule has 12 nitrogen and oxygen atoms in total. The summed E-state index contributed by atoms with van der Waals surface area (Å²) in [5.41, 5.74) is 1.62. The van der Waals surface area contributed by atoms with Gasteiger partial charge in [0.1, 0.15) is 17.2 Å². The smallest absolute Gasteiger partial charge is 0.332 e. The number of carbonyl (C=O) groups excluding carboxylic acids is 2. The van der Waals surface area contributed by atoms with Gasteiger partial charge in [0.2, 0.25) is 0 Å². The molecule has 0 radical (unpaired) electrons. The van der Waals surface area contributed by atoms with E-state index in [0.29, 0.717) is 62.5 Å². The number of hydrogen-bond acceptors (Lipinski definition) is 7. The third-order valence-electron chi connectivity index (χ3n) is 8.99. The summed E-state index contributed by atoms with van der Waals surface area (Å²) < 4.78 is 35.8. The molecule has 1 N–H and O–H groups in total. The molecule has 0 saturated heterocycles. The molecule has 0 unspecified atom stereocenters. The van der Waals surface area contributed by atoms with Crippen LogP contribution < -0.4 is 16.1 Å². The molecule has 6 rings (SSSR count). The number of ether oxygens (including phenoxy) is 1. The van der Waals surface area contributed by atoms with Crippen LogP contribution in [0.15, 0.2) is 70.4 Å². The zero-order valence-electron chi connectivity index (χ0n) is 28.5. The summed E-state index contributed by atoms with van der Waals surface area (Å²) in [6, 6.07) is 13.7. The standard InChI is InChI=1S/C37H39F2N7O5/c1-3-16-46-36(49)31-33(45(37(46)50)18-6-7-21-51-2)42-32(41-31)26-12-14-30(40-23-26)44(34(47)25-11-13-28(38)29(39)22-25)19-8-17-43-20-15-24-9-4-5-10-27(24)35(43)48/h4-5,9-14,22-23H,3,6-8,15-21H2,1-2H3,(H,41,42). The maximum absolute atomic E-state index is 14.2. The molecule has 2 aromatic carbocycles. The van der Waals surface area contributed by atoms with Crippen molar-refractivity contribution in [1.82, 2.24) is 29.0 Å². The molecular formula is C37H39F2N7O5. The largest absolute Gasteiger partial charge is 0.385 e. The lowest BCUT2D eigenvalue weighted by atomic mass is 9.99. The lowest BCUT2D eigenvalue weighted by Gasteiger charge is -2.29. The Kier molecular flexibility index (Phi) is 10.8. The van der Waals surface area contributed by atoms with E-state index < -0.39 is 28.8 Å². The minimum absolute atomic E-state index is 0.0631. The fraction of sp³-hybridized carbons (Fsp3) is 0.351. The van der Waals surface area contributed by atoms with Gasteiger partial charge in [-0.15, -0.1) is 0 Å². The molecule has 14 heteroatoms. The number of fused-ring (bicyclic) bond motifs is 2. The lowest BCUT2D eigenvalue weighted by Crippen LogP contribution is -2.40. The Morgan fingerprint density at radius 3 is 2.53 bits per heavy atom. The van der Waals surface area contributed by atoms with Gasteiger partial charge in [-0.1, -0.05) is 25.1 Å². The highest BCUT2D eigenvalue weighted by Gasteiger charge is 2.26. The van der Waals surface area contributed by atoms with Gasteiger partial charge in [0, 0.05) is 69.3 Å². The number of carbonyl (C=O) groups is 2. The molecule has 4 heterocycles. The highest BCUT2D eigenvalue weighted by molar-refractivity contribution is 6.05. The summed E-state index contributed by atoms with van der Waals surface area (Å²) in [6.45, 7) is 4.08. The maximum Gasteiger partial charge on any atom is 0.332 e. The summed E-state index contributed by atoms with van der Waals surface area (Å²) in [6.07, 6.45) is 4.56. The average molecular weight is 700 g/mol. The van der Waals surface area contributed by atoms with Crippen molar-refractivity contribution in [3.63, 3.8) is 0 Å². The van der Waals surface area contributed by atoms with Crippen LogP contribution in [0, 0.1) is 11.6 Å². The van der Waals surface area contributed by atoms with Gasteiger partial charge in [0.25, 0.3) is 17.4 Å². The highest BCUT2D eigenvalue weighted by atomic mass is 19.2. The van der Waals surface area contributed by atoms with E-state index in [4.69, 9.17) is 4.74 Å². The molecule has 3 aromatic heterocycles. The van der Waals surface area contributed by atoms with Gasteiger partial charge in [-0.2, -0.15) is 0 Å². The van der Waals surface area contributed by atoms with E-state index in [1.165, 1.54) is 26.3 Å². The van der Waals surface area contributed by atoms with E-state index in [1.807, 2.05) is 25.1 Å². The number of anilines is 1. The van der Waals surface area contributed by atoms with Crippen molar-refractivity contribution >= 4 is 28.8 Å². The number of nitrogens with zero attached hydrogens (tertiary/aromatic N) is 6. The van der Waals surface area contributed by atoms with Gasteiger partial charge < -0.3 is 14.6 Å². The molecule has 5 aromatic rings. The Morgan fingerprint density at radius 2 is 1.78 bits per heavy atom.